The third-order valence-electron chi connectivity index (χ3n) is 5.93. The molecular formula is C22H24O5. The second-order valence-electron chi connectivity index (χ2n) is 7.53. The van der Waals surface area contributed by atoms with Crippen molar-refractivity contribution >= 4 is 11.6 Å². The van der Waals surface area contributed by atoms with Crippen LogP contribution in [0.5, 0.6) is 0 Å². The molecule has 5 nitrogen and oxygen atoms in total. The Labute approximate surface area is 158 Å². The van der Waals surface area contributed by atoms with Gasteiger partial charge in [0.05, 0.1) is 12.0 Å². The Hall–Kier alpha value is -2.50. The van der Waals surface area contributed by atoms with E-state index < -0.39 is 28.5 Å². The van der Waals surface area contributed by atoms with E-state index in [1.807, 2.05) is 30.3 Å². The van der Waals surface area contributed by atoms with E-state index in [0.717, 1.165) is 5.56 Å². The molecule has 0 heterocycles. The highest BCUT2D eigenvalue weighted by Gasteiger charge is 2.68. The van der Waals surface area contributed by atoms with Crippen LogP contribution in [0.15, 0.2) is 66.0 Å². The van der Waals surface area contributed by atoms with Crippen molar-refractivity contribution < 1.29 is 24.9 Å². The second-order valence-corrected chi connectivity index (χ2v) is 7.53. The van der Waals surface area contributed by atoms with Gasteiger partial charge in [-0.15, -0.1) is 0 Å². The van der Waals surface area contributed by atoms with Crippen LogP contribution in [0.25, 0.3) is 0 Å². The summed E-state index contributed by atoms with van der Waals surface area (Å²) in [6.45, 7) is 2.86. The van der Waals surface area contributed by atoms with E-state index in [9.17, 15) is 19.8 Å². The first-order valence-corrected chi connectivity index (χ1v) is 9.00. The van der Waals surface area contributed by atoms with Gasteiger partial charge >= 0.3 is 0 Å². The van der Waals surface area contributed by atoms with Crippen molar-refractivity contribution in [1.82, 2.24) is 0 Å². The number of ketones is 2. The maximum Gasteiger partial charge on any atom is 0.178 e. The van der Waals surface area contributed by atoms with Gasteiger partial charge in [-0.3, -0.25) is 9.59 Å². The molecule has 0 saturated heterocycles. The Kier molecular flexibility index (Phi) is 4.93. The monoisotopic (exact) mass is 368 g/mol. The summed E-state index contributed by atoms with van der Waals surface area (Å²) in [6, 6.07) is 9.36. The molecule has 0 aliphatic heterocycles. The molecule has 3 aliphatic rings. The summed E-state index contributed by atoms with van der Waals surface area (Å²) < 4.78 is 0. The van der Waals surface area contributed by atoms with Crippen molar-refractivity contribution in [2.75, 3.05) is 6.61 Å². The van der Waals surface area contributed by atoms with Gasteiger partial charge in [-0.05, 0) is 31.9 Å². The van der Waals surface area contributed by atoms with Crippen LogP contribution < -0.4 is 0 Å². The highest BCUT2D eigenvalue weighted by Crippen LogP contribution is 2.59. The minimum absolute atomic E-state index is 0.0999. The van der Waals surface area contributed by atoms with Crippen molar-refractivity contribution in [2.24, 2.45) is 11.3 Å². The van der Waals surface area contributed by atoms with E-state index >= 15 is 0 Å². The Bertz CT molecular complexity index is 847. The fourth-order valence-electron chi connectivity index (χ4n) is 4.47. The van der Waals surface area contributed by atoms with Crippen LogP contribution in [-0.4, -0.2) is 39.1 Å². The molecular weight excluding hydrogens is 344 g/mol. The molecule has 142 valence electrons. The zero-order valence-electron chi connectivity index (χ0n) is 15.4. The molecule has 3 aliphatic carbocycles. The Morgan fingerprint density at radius 3 is 2.44 bits per heavy atom. The van der Waals surface area contributed by atoms with E-state index in [1.165, 1.54) is 25.2 Å². The molecule has 3 N–H and O–H groups in total. The molecule has 3 fully saturated rings. The van der Waals surface area contributed by atoms with Gasteiger partial charge in [-0.1, -0.05) is 48.6 Å². The molecule has 2 bridgehead atoms. The summed E-state index contributed by atoms with van der Waals surface area (Å²) in [5.41, 5.74) is -2.17. The highest BCUT2D eigenvalue weighted by molar-refractivity contribution is 6.21. The predicted molar refractivity (Wildman–Crippen MR) is 101 cm³/mol. The van der Waals surface area contributed by atoms with Crippen LogP contribution in [0.4, 0.5) is 0 Å². The van der Waals surface area contributed by atoms with Gasteiger partial charge in [0.1, 0.15) is 11.4 Å². The van der Waals surface area contributed by atoms with Gasteiger partial charge in [0.25, 0.3) is 0 Å². The third kappa shape index (κ3) is 2.87. The van der Waals surface area contributed by atoms with Crippen LogP contribution in [-0.2, 0) is 9.59 Å². The second kappa shape index (κ2) is 6.91. The lowest BCUT2D eigenvalue weighted by Gasteiger charge is -2.55. The van der Waals surface area contributed by atoms with Crippen LogP contribution in [0.3, 0.4) is 0 Å². The number of aliphatic hydroxyl groups is 3. The molecule has 0 unspecified atom stereocenters. The molecule has 0 spiro atoms. The number of carbonyl (C=O) groups excluding carboxylic acids is 2. The number of carbonyl (C=O) groups is 2. The Morgan fingerprint density at radius 1 is 1.15 bits per heavy atom. The van der Waals surface area contributed by atoms with Gasteiger partial charge in [-0.2, -0.15) is 0 Å². The smallest absolute Gasteiger partial charge is 0.178 e. The molecule has 4 rings (SSSR count). The zero-order chi connectivity index (χ0) is 19.8. The lowest BCUT2D eigenvalue weighted by Crippen LogP contribution is -2.66. The third-order valence-corrected chi connectivity index (χ3v) is 5.93. The van der Waals surface area contributed by atoms with E-state index in [2.05, 4.69) is 0 Å². The molecule has 3 saturated carbocycles. The van der Waals surface area contributed by atoms with Gasteiger partial charge in [0.2, 0.25) is 0 Å². The van der Waals surface area contributed by atoms with Crippen LogP contribution in [0.1, 0.15) is 31.7 Å². The van der Waals surface area contributed by atoms with Gasteiger partial charge in [-0.25, -0.2) is 0 Å². The zero-order valence-corrected chi connectivity index (χ0v) is 15.4. The Morgan fingerprint density at radius 2 is 1.81 bits per heavy atom. The van der Waals surface area contributed by atoms with Crippen molar-refractivity contribution in [3.05, 3.63) is 71.5 Å². The molecule has 4 atom stereocenters. The van der Waals surface area contributed by atoms with Crippen LogP contribution >= 0.6 is 0 Å². The highest BCUT2D eigenvalue weighted by atomic mass is 16.3. The summed E-state index contributed by atoms with van der Waals surface area (Å²) in [5, 5.41) is 30.2. The molecule has 27 heavy (non-hydrogen) atoms. The first-order valence-electron chi connectivity index (χ1n) is 9.00. The van der Waals surface area contributed by atoms with Gasteiger partial charge in [0, 0.05) is 17.4 Å². The number of allylic oxidation sites excluding steroid dienone is 3. The largest absolute Gasteiger partial charge is 0.508 e. The SMILES string of the molecule is C[C@]12C(=O)/C(=C(O)/C=C/C=C/CO)[C@H](C[C@H]1c1ccccc1)[C@@](C)(O)C2=O. The normalized spacial score (nSPS) is 35.4. The fraction of sp³-hybridized carbons (Fsp3) is 0.364. The van der Waals surface area contributed by atoms with Crippen molar-refractivity contribution in [2.45, 2.75) is 31.8 Å². The summed E-state index contributed by atoms with van der Waals surface area (Å²) in [6.07, 6.45) is 6.27. The molecule has 1 aromatic rings. The molecule has 5 heteroatoms. The number of benzene rings is 1. The fourth-order valence-corrected chi connectivity index (χ4v) is 4.47. The first-order chi connectivity index (χ1) is 12.8. The lowest BCUT2D eigenvalue weighted by molar-refractivity contribution is -0.170. The number of hydrogen-bond acceptors (Lipinski definition) is 5. The van der Waals surface area contributed by atoms with Crippen molar-refractivity contribution in [3.63, 3.8) is 0 Å². The molecule has 0 radical (unpaired) electrons. The van der Waals surface area contributed by atoms with E-state index in [1.54, 1.807) is 13.0 Å². The molecule has 0 amide bonds. The van der Waals surface area contributed by atoms with Gasteiger partial charge in [0.15, 0.2) is 11.6 Å². The summed E-state index contributed by atoms with van der Waals surface area (Å²) in [4.78, 5) is 26.3. The number of Topliss-reactive ketones (excluding diaryl/α,β-unsaturated/α-hetero) is 2. The quantitative estimate of drug-likeness (QED) is 0.329. The van der Waals surface area contributed by atoms with Crippen LogP contribution in [0, 0.1) is 11.3 Å². The maximum atomic E-state index is 13.3. The summed E-state index contributed by atoms with van der Waals surface area (Å²) >= 11 is 0. The summed E-state index contributed by atoms with van der Waals surface area (Å²) in [7, 11) is 0. The number of hydrogen-bond donors (Lipinski definition) is 3. The van der Waals surface area contributed by atoms with Gasteiger partial charge < -0.3 is 15.3 Å². The van der Waals surface area contributed by atoms with E-state index in [-0.39, 0.29) is 23.9 Å². The maximum absolute atomic E-state index is 13.3. The van der Waals surface area contributed by atoms with E-state index in [4.69, 9.17) is 5.11 Å². The average molecular weight is 368 g/mol. The Balaban J connectivity index is 2.11. The molecule has 1 aromatic carbocycles. The standard InChI is InChI=1S/C22H24O5/c1-21-15(14-9-5-3-6-10-14)13-16(22(2,27)20(21)26)18(19(21)25)17(24)11-7-4-8-12-23/h3-11,15-16,23-24,27H,12-13H2,1-2H3/b8-4+,11-7+,18-17-/t15-,16-,21+,22+/m0/s1. The topological polar surface area (TPSA) is 94.8 Å². The van der Waals surface area contributed by atoms with Crippen LogP contribution in [0.2, 0.25) is 0 Å². The number of rotatable bonds is 4. The molecule has 0 aromatic heterocycles. The number of fused-ring (bicyclic) bond motifs is 3. The van der Waals surface area contributed by atoms with Crippen molar-refractivity contribution in [1.29, 1.82) is 0 Å². The summed E-state index contributed by atoms with van der Waals surface area (Å²) in [5.74, 6) is -2.31. The minimum Gasteiger partial charge on any atom is -0.508 e. The van der Waals surface area contributed by atoms with E-state index in [0.29, 0.717) is 6.42 Å². The average Bonchev–Trinajstić information content (AvgIpc) is 2.65. The lowest BCUT2D eigenvalue weighted by atomic mass is 9.46. The number of aliphatic hydroxyl groups excluding tert-OH is 2. The van der Waals surface area contributed by atoms with Crippen molar-refractivity contribution in [3.8, 4) is 0 Å². The minimum atomic E-state index is -1.72. The first kappa shape index (κ1) is 19.3. The predicted octanol–water partition coefficient (Wildman–Crippen LogP) is 2.62.